The number of ether oxygens (including phenoxy) is 1. The second-order valence-electron chi connectivity index (χ2n) is 8.08. The van der Waals surface area contributed by atoms with Gasteiger partial charge in [0.1, 0.15) is 4.83 Å². The van der Waals surface area contributed by atoms with Gasteiger partial charge in [0.2, 0.25) is 0 Å². The fourth-order valence-electron chi connectivity index (χ4n) is 4.08. The number of rotatable bonds is 8. The van der Waals surface area contributed by atoms with E-state index in [4.69, 9.17) is 4.74 Å². The zero-order valence-corrected chi connectivity index (χ0v) is 19.5. The predicted molar refractivity (Wildman–Crippen MR) is 126 cm³/mol. The minimum absolute atomic E-state index is 0.0149. The van der Waals surface area contributed by atoms with Gasteiger partial charge in [0, 0.05) is 38.7 Å². The number of aryl methyl sites for hydroxylation is 2. The van der Waals surface area contributed by atoms with Gasteiger partial charge in [-0.25, -0.2) is 9.59 Å². The van der Waals surface area contributed by atoms with Crippen LogP contribution in [0.1, 0.15) is 16.0 Å². The Kier molecular flexibility index (Phi) is 6.48. The number of hydrogen-bond acceptors (Lipinski definition) is 5. The molecule has 2 amide bonds. The fourth-order valence-corrected chi connectivity index (χ4v) is 5.41. The van der Waals surface area contributed by atoms with Crippen molar-refractivity contribution >= 4 is 27.6 Å². The van der Waals surface area contributed by atoms with Crippen molar-refractivity contribution in [3.8, 4) is 0 Å². The third kappa shape index (κ3) is 4.10. The molecule has 1 saturated heterocycles. The fraction of sp³-hybridized carbons (Fsp3) is 0.435. The van der Waals surface area contributed by atoms with Crippen molar-refractivity contribution in [2.45, 2.75) is 33.0 Å². The number of methoxy groups -OCH3 is 1. The third-order valence-electron chi connectivity index (χ3n) is 6.02. The Morgan fingerprint density at radius 2 is 1.78 bits per heavy atom. The van der Waals surface area contributed by atoms with E-state index in [0.717, 1.165) is 16.0 Å². The summed E-state index contributed by atoms with van der Waals surface area (Å²) in [7, 11) is 3.38. The molecule has 8 nitrogen and oxygen atoms in total. The first-order valence-electron chi connectivity index (χ1n) is 10.7. The molecule has 0 radical (unpaired) electrons. The molecule has 0 unspecified atom stereocenters. The number of amides is 2. The molecule has 1 fully saturated rings. The molecule has 0 aliphatic carbocycles. The van der Waals surface area contributed by atoms with Crippen LogP contribution in [0.4, 0.5) is 4.79 Å². The molecule has 0 N–H and O–H groups in total. The van der Waals surface area contributed by atoms with E-state index >= 15 is 0 Å². The first kappa shape index (κ1) is 22.3. The number of carbonyl (C=O) groups is 1. The van der Waals surface area contributed by atoms with Gasteiger partial charge in [0.25, 0.3) is 5.56 Å². The van der Waals surface area contributed by atoms with E-state index in [-0.39, 0.29) is 17.3 Å². The number of fused-ring (bicyclic) bond motifs is 1. The molecule has 0 spiro atoms. The smallest absolute Gasteiger partial charge is 0.332 e. The van der Waals surface area contributed by atoms with Crippen molar-refractivity contribution in [2.24, 2.45) is 0 Å². The van der Waals surface area contributed by atoms with E-state index in [2.05, 4.69) is 0 Å². The second-order valence-corrected chi connectivity index (χ2v) is 9.16. The Morgan fingerprint density at radius 1 is 1.03 bits per heavy atom. The van der Waals surface area contributed by atoms with E-state index in [0.29, 0.717) is 56.0 Å². The number of likely N-dealkylation sites (N-methyl/N-ethyl adjacent to an activating group) is 1. The molecular weight excluding hydrogens is 428 g/mol. The molecule has 0 bridgehead atoms. The van der Waals surface area contributed by atoms with E-state index in [1.807, 2.05) is 37.3 Å². The lowest BCUT2D eigenvalue weighted by molar-refractivity contribution is 0.186. The lowest BCUT2D eigenvalue weighted by Crippen LogP contribution is -2.40. The molecule has 3 aromatic rings. The first-order chi connectivity index (χ1) is 15.4. The van der Waals surface area contributed by atoms with Gasteiger partial charge in [0.05, 0.1) is 25.1 Å². The van der Waals surface area contributed by atoms with Gasteiger partial charge >= 0.3 is 11.7 Å². The number of urea groups is 1. The van der Waals surface area contributed by atoms with Gasteiger partial charge in [-0.2, -0.15) is 0 Å². The third-order valence-corrected chi connectivity index (χ3v) is 7.32. The highest BCUT2D eigenvalue weighted by atomic mass is 32.1. The second kappa shape index (κ2) is 9.30. The normalized spacial score (nSPS) is 14.2. The first-order valence-corrected chi connectivity index (χ1v) is 11.5. The number of nitrogens with zero attached hydrogens (tertiary/aromatic N) is 4. The largest absolute Gasteiger partial charge is 0.383 e. The summed E-state index contributed by atoms with van der Waals surface area (Å²) in [5.41, 5.74) is 1.33. The maximum absolute atomic E-state index is 13.4. The van der Waals surface area contributed by atoms with Crippen molar-refractivity contribution in [1.29, 1.82) is 0 Å². The lowest BCUT2D eigenvalue weighted by Gasteiger charge is -2.15. The van der Waals surface area contributed by atoms with E-state index in [1.54, 1.807) is 28.5 Å². The molecule has 1 aliphatic rings. The molecule has 32 heavy (non-hydrogen) atoms. The Labute approximate surface area is 190 Å². The van der Waals surface area contributed by atoms with Gasteiger partial charge in [-0.15, -0.1) is 11.3 Å². The number of thiophene rings is 1. The van der Waals surface area contributed by atoms with Crippen LogP contribution >= 0.6 is 11.3 Å². The van der Waals surface area contributed by atoms with Crippen molar-refractivity contribution in [2.75, 3.05) is 33.9 Å². The summed E-state index contributed by atoms with van der Waals surface area (Å²) in [6.45, 7) is 4.73. The summed E-state index contributed by atoms with van der Waals surface area (Å²) in [5.74, 6) is 0. The minimum Gasteiger partial charge on any atom is -0.383 e. The van der Waals surface area contributed by atoms with Gasteiger partial charge in [-0.05, 0) is 24.5 Å². The van der Waals surface area contributed by atoms with Gasteiger partial charge in [0.15, 0.2) is 0 Å². The van der Waals surface area contributed by atoms with Crippen LogP contribution in [0.3, 0.4) is 0 Å². The average molecular weight is 457 g/mol. The Balaban J connectivity index is 1.77. The summed E-state index contributed by atoms with van der Waals surface area (Å²) in [5, 5.41) is 0.564. The van der Waals surface area contributed by atoms with E-state index in [9.17, 15) is 14.4 Å². The Hall–Kier alpha value is -2.91. The Morgan fingerprint density at radius 3 is 2.44 bits per heavy atom. The van der Waals surface area contributed by atoms with Crippen LogP contribution in [0.15, 0.2) is 39.9 Å². The van der Waals surface area contributed by atoms with Gasteiger partial charge < -0.3 is 14.5 Å². The lowest BCUT2D eigenvalue weighted by atomic mass is 10.1. The van der Waals surface area contributed by atoms with E-state index in [1.165, 1.54) is 15.9 Å². The average Bonchev–Trinajstić information content (AvgIpc) is 3.28. The molecule has 170 valence electrons. The van der Waals surface area contributed by atoms with E-state index < -0.39 is 0 Å². The van der Waals surface area contributed by atoms with Gasteiger partial charge in [-0.3, -0.25) is 13.9 Å². The van der Waals surface area contributed by atoms with Crippen LogP contribution < -0.4 is 11.2 Å². The molecule has 1 aromatic carbocycles. The maximum Gasteiger partial charge on any atom is 0.332 e. The predicted octanol–water partition coefficient (Wildman–Crippen LogP) is 2.29. The van der Waals surface area contributed by atoms with Crippen molar-refractivity contribution < 1.29 is 9.53 Å². The molecule has 1 aliphatic heterocycles. The SMILES string of the molecule is COCCn1c(=O)n(CCc2ccccc2)c(=O)c2c(C)c(CN3CCN(C)C3=O)sc21. The highest BCUT2D eigenvalue weighted by Crippen LogP contribution is 2.29. The monoisotopic (exact) mass is 456 g/mol. The zero-order valence-electron chi connectivity index (χ0n) is 18.7. The molecule has 0 atom stereocenters. The molecule has 0 saturated carbocycles. The number of hydrogen-bond donors (Lipinski definition) is 0. The molecule has 9 heteroatoms. The Bertz CT molecular complexity index is 1240. The number of benzene rings is 1. The van der Waals surface area contributed by atoms with Crippen LogP contribution in [-0.2, 0) is 30.8 Å². The summed E-state index contributed by atoms with van der Waals surface area (Å²) in [4.78, 5) is 44.1. The van der Waals surface area contributed by atoms with Crippen LogP contribution in [-0.4, -0.2) is 58.8 Å². The zero-order chi connectivity index (χ0) is 22.8. The van der Waals surface area contributed by atoms with Crippen LogP contribution in [0.25, 0.3) is 10.2 Å². The molecule has 4 rings (SSSR count). The van der Waals surface area contributed by atoms with Crippen LogP contribution in [0.5, 0.6) is 0 Å². The highest BCUT2D eigenvalue weighted by molar-refractivity contribution is 7.18. The summed E-state index contributed by atoms with van der Waals surface area (Å²) >= 11 is 1.42. The van der Waals surface area contributed by atoms with Gasteiger partial charge in [-0.1, -0.05) is 30.3 Å². The molecule has 2 aromatic heterocycles. The van der Waals surface area contributed by atoms with Crippen molar-refractivity contribution in [3.63, 3.8) is 0 Å². The number of aromatic nitrogens is 2. The number of carbonyl (C=O) groups excluding carboxylic acids is 1. The van der Waals surface area contributed by atoms with Crippen molar-refractivity contribution in [1.82, 2.24) is 18.9 Å². The summed E-state index contributed by atoms with van der Waals surface area (Å²) in [6.07, 6.45) is 0.594. The summed E-state index contributed by atoms with van der Waals surface area (Å²) < 4.78 is 8.20. The van der Waals surface area contributed by atoms with Crippen molar-refractivity contribution in [3.05, 3.63) is 67.2 Å². The standard InChI is InChI=1S/C23H28N4O4S/c1-16-18(15-25-12-11-24(2)22(25)29)32-21-19(16)20(28)26(23(30)27(21)13-14-31-3)10-9-17-7-5-4-6-8-17/h4-8H,9-15H2,1-3H3. The topological polar surface area (TPSA) is 76.8 Å². The quantitative estimate of drug-likeness (QED) is 0.521. The molecule has 3 heterocycles. The minimum atomic E-state index is -0.319. The van der Waals surface area contributed by atoms with Crippen LogP contribution in [0, 0.1) is 6.92 Å². The highest BCUT2D eigenvalue weighted by Gasteiger charge is 2.27. The molecular formula is C23H28N4O4S. The van der Waals surface area contributed by atoms with Crippen LogP contribution in [0.2, 0.25) is 0 Å². The maximum atomic E-state index is 13.4. The summed E-state index contributed by atoms with van der Waals surface area (Å²) in [6, 6.07) is 9.81.